The van der Waals surface area contributed by atoms with Crippen LogP contribution in [-0.4, -0.2) is 37.3 Å². The van der Waals surface area contributed by atoms with Crippen molar-refractivity contribution in [2.24, 2.45) is 5.92 Å². The van der Waals surface area contributed by atoms with Crippen LogP contribution in [0.5, 0.6) is 0 Å². The van der Waals surface area contributed by atoms with E-state index in [1.165, 1.54) is 0 Å². The Balaban J connectivity index is 0.00000180. The predicted molar refractivity (Wildman–Crippen MR) is 72.4 cm³/mol. The second kappa shape index (κ2) is 7.47. The first-order valence-corrected chi connectivity index (χ1v) is 6.17. The number of amides is 1. The molecular weight excluding hydrogens is 270 g/mol. The van der Waals surface area contributed by atoms with Crippen molar-refractivity contribution in [3.8, 4) is 0 Å². The van der Waals surface area contributed by atoms with Gasteiger partial charge in [-0.2, -0.15) is 0 Å². The Hall–Kier alpha value is -1.11. The first-order valence-electron chi connectivity index (χ1n) is 6.17. The van der Waals surface area contributed by atoms with E-state index in [4.69, 9.17) is 9.26 Å². The molecule has 1 aliphatic heterocycles. The van der Waals surface area contributed by atoms with Crippen LogP contribution in [0.1, 0.15) is 29.6 Å². The molecule has 2 N–H and O–H groups in total. The van der Waals surface area contributed by atoms with Crippen LogP contribution in [0.4, 0.5) is 0 Å². The molecule has 108 valence electrons. The monoisotopic (exact) mass is 289 g/mol. The highest BCUT2D eigenvalue weighted by Gasteiger charge is 2.24. The molecule has 1 aromatic heterocycles. The summed E-state index contributed by atoms with van der Waals surface area (Å²) in [6, 6.07) is 1.76. The number of carbonyl (C=O) groups excluding carboxylic acids is 1. The van der Waals surface area contributed by atoms with Crippen molar-refractivity contribution in [2.75, 3.05) is 20.2 Å². The average molecular weight is 290 g/mol. The van der Waals surface area contributed by atoms with Gasteiger partial charge >= 0.3 is 0 Å². The van der Waals surface area contributed by atoms with Gasteiger partial charge in [0, 0.05) is 25.8 Å². The van der Waals surface area contributed by atoms with E-state index < -0.39 is 0 Å². The van der Waals surface area contributed by atoms with Gasteiger partial charge in [-0.1, -0.05) is 12.1 Å². The molecule has 2 atom stereocenters. The van der Waals surface area contributed by atoms with Crippen molar-refractivity contribution in [3.63, 3.8) is 0 Å². The summed E-state index contributed by atoms with van der Waals surface area (Å²) in [7, 11) is 1.57. The first kappa shape index (κ1) is 15.9. The average Bonchev–Trinajstić information content (AvgIpc) is 2.81. The van der Waals surface area contributed by atoms with Crippen LogP contribution in [-0.2, 0) is 11.3 Å². The summed E-state index contributed by atoms with van der Waals surface area (Å²) < 4.78 is 9.90. The van der Waals surface area contributed by atoms with E-state index >= 15 is 0 Å². The normalized spacial score (nSPS) is 22.6. The van der Waals surface area contributed by atoms with E-state index in [2.05, 4.69) is 22.7 Å². The fourth-order valence-corrected chi connectivity index (χ4v) is 2.06. The highest BCUT2D eigenvalue weighted by atomic mass is 35.5. The molecular formula is C12H20ClN3O3. The first-order chi connectivity index (χ1) is 8.70. The molecule has 0 aromatic carbocycles. The number of piperidine rings is 1. The topological polar surface area (TPSA) is 76.4 Å². The molecule has 2 heterocycles. The lowest BCUT2D eigenvalue weighted by molar-refractivity contribution is 0.0905. The Morgan fingerprint density at radius 2 is 2.47 bits per heavy atom. The summed E-state index contributed by atoms with van der Waals surface area (Å²) in [6.07, 6.45) is 1.07. The number of nitrogens with zero attached hydrogens (tertiary/aromatic N) is 1. The highest BCUT2D eigenvalue weighted by molar-refractivity contribution is 5.92. The molecule has 0 bridgehead atoms. The third kappa shape index (κ3) is 4.19. The Kier molecular flexibility index (Phi) is 6.27. The van der Waals surface area contributed by atoms with Crippen molar-refractivity contribution in [3.05, 3.63) is 17.5 Å². The van der Waals surface area contributed by atoms with E-state index in [0.29, 0.717) is 24.0 Å². The van der Waals surface area contributed by atoms with Crippen LogP contribution in [0.2, 0.25) is 0 Å². The molecule has 19 heavy (non-hydrogen) atoms. The fraction of sp³-hybridized carbons (Fsp3) is 0.667. The maximum absolute atomic E-state index is 12.0. The molecule has 0 radical (unpaired) electrons. The van der Waals surface area contributed by atoms with Crippen molar-refractivity contribution >= 4 is 18.3 Å². The minimum atomic E-state index is -0.193. The lowest BCUT2D eigenvalue weighted by atomic mass is 9.95. The van der Waals surface area contributed by atoms with Crippen molar-refractivity contribution in [1.82, 2.24) is 15.8 Å². The van der Waals surface area contributed by atoms with Crippen LogP contribution in [0.3, 0.4) is 0 Å². The Morgan fingerprint density at radius 3 is 3.16 bits per heavy atom. The second-order valence-electron chi connectivity index (χ2n) is 4.66. The molecule has 7 heteroatoms. The third-order valence-corrected chi connectivity index (χ3v) is 3.22. The number of methoxy groups -OCH3 is 1. The molecule has 1 saturated heterocycles. The number of carbonyl (C=O) groups is 1. The second-order valence-corrected chi connectivity index (χ2v) is 4.66. The Labute approximate surface area is 118 Å². The largest absolute Gasteiger partial charge is 0.377 e. The van der Waals surface area contributed by atoms with Gasteiger partial charge in [-0.15, -0.1) is 12.4 Å². The molecule has 0 spiro atoms. The number of hydrogen-bond donors (Lipinski definition) is 2. The maximum Gasteiger partial charge on any atom is 0.273 e. The zero-order valence-corrected chi connectivity index (χ0v) is 12.0. The Morgan fingerprint density at radius 1 is 1.68 bits per heavy atom. The van der Waals surface area contributed by atoms with E-state index in [-0.39, 0.29) is 24.4 Å². The van der Waals surface area contributed by atoms with E-state index in [9.17, 15) is 4.79 Å². The molecule has 1 aliphatic rings. The number of rotatable bonds is 4. The van der Waals surface area contributed by atoms with Gasteiger partial charge in [-0.3, -0.25) is 4.79 Å². The number of aromatic nitrogens is 1. The SMILES string of the molecule is COCc1cc(C(=O)NC2CNCCC2C)no1.Cl. The Bertz CT molecular complexity index is 411. The number of nitrogens with one attached hydrogen (secondary N) is 2. The van der Waals surface area contributed by atoms with Gasteiger partial charge in [0.05, 0.1) is 0 Å². The van der Waals surface area contributed by atoms with Crippen LogP contribution in [0.25, 0.3) is 0 Å². The van der Waals surface area contributed by atoms with E-state index in [1.807, 2.05) is 0 Å². The van der Waals surface area contributed by atoms with Gasteiger partial charge in [0.2, 0.25) is 0 Å². The van der Waals surface area contributed by atoms with Crippen molar-refractivity contribution < 1.29 is 14.1 Å². The lowest BCUT2D eigenvalue weighted by Crippen LogP contribution is -2.50. The molecule has 2 rings (SSSR count). The smallest absolute Gasteiger partial charge is 0.273 e. The van der Waals surface area contributed by atoms with Gasteiger partial charge < -0.3 is 19.9 Å². The van der Waals surface area contributed by atoms with Crippen LogP contribution in [0.15, 0.2) is 10.6 Å². The third-order valence-electron chi connectivity index (χ3n) is 3.22. The standard InChI is InChI=1S/C12H19N3O3.ClH/c1-8-3-4-13-6-11(8)14-12(16)10-5-9(7-17-2)18-15-10;/h5,8,11,13H,3-4,6-7H2,1-2H3,(H,14,16);1H. The van der Waals surface area contributed by atoms with Crippen LogP contribution < -0.4 is 10.6 Å². The number of halogens is 1. The highest BCUT2D eigenvalue weighted by Crippen LogP contribution is 2.12. The summed E-state index contributed by atoms with van der Waals surface area (Å²) in [4.78, 5) is 12.0. The van der Waals surface area contributed by atoms with Crippen molar-refractivity contribution in [1.29, 1.82) is 0 Å². The van der Waals surface area contributed by atoms with Gasteiger partial charge in [0.1, 0.15) is 6.61 Å². The fourth-order valence-electron chi connectivity index (χ4n) is 2.06. The molecule has 6 nitrogen and oxygen atoms in total. The van der Waals surface area contributed by atoms with E-state index in [0.717, 1.165) is 19.5 Å². The molecule has 0 saturated carbocycles. The zero-order chi connectivity index (χ0) is 13.0. The summed E-state index contributed by atoms with van der Waals surface area (Å²) in [6.45, 7) is 4.28. The quantitative estimate of drug-likeness (QED) is 0.864. The summed E-state index contributed by atoms with van der Waals surface area (Å²) >= 11 is 0. The summed E-state index contributed by atoms with van der Waals surface area (Å²) in [5.41, 5.74) is 0.305. The number of ether oxygens (including phenoxy) is 1. The van der Waals surface area contributed by atoms with E-state index in [1.54, 1.807) is 13.2 Å². The number of hydrogen-bond acceptors (Lipinski definition) is 5. The van der Waals surface area contributed by atoms with Gasteiger partial charge in [-0.05, 0) is 18.9 Å². The van der Waals surface area contributed by atoms with Crippen LogP contribution in [0, 0.1) is 5.92 Å². The molecule has 1 fully saturated rings. The molecule has 2 unspecified atom stereocenters. The zero-order valence-electron chi connectivity index (χ0n) is 11.1. The van der Waals surface area contributed by atoms with Gasteiger partial charge in [0.25, 0.3) is 5.91 Å². The maximum atomic E-state index is 12.0. The lowest BCUT2D eigenvalue weighted by Gasteiger charge is -2.29. The van der Waals surface area contributed by atoms with Gasteiger partial charge in [-0.25, -0.2) is 0 Å². The predicted octanol–water partition coefficient (Wildman–Crippen LogP) is 0.971. The minimum Gasteiger partial charge on any atom is -0.377 e. The summed E-state index contributed by atoms with van der Waals surface area (Å²) in [5.74, 6) is 0.833. The van der Waals surface area contributed by atoms with Crippen LogP contribution >= 0.6 is 12.4 Å². The molecule has 1 aromatic rings. The minimum absolute atomic E-state index is 0. The molecule has 1 amide bonds. The van der Waals surface area contributed by atoms with Crippen molar-refractivity contribution in [2.45, 2.75) is 26.0 Å². The molecule has 0 aliphatic carbocycles. The van der Waals surface area contributed by atoms with Gasteiger partial charge in [0.15, 0.2) is 11.5 Å². The summed E-state index contributed by atoms with van der Waals surface area (Å²) in [5, 5.41) is 9.98.